The van der Waals surface area contributed by atoms with E-state index in [9.17, 15) is 18.4 Å². The average molecular weight is 409 g/mol. The van der Waals surface area contributed by atoms with Crippen LogP contribution in [0.15, 0.2) is 16.9 Å². The number of nitrogens with one attached hydrogen (secondary N) is 1. The molecule has 0 bridgehead atoms. The van der Waals surface area contributed by atoms with Crippen LogP contribution in [-0.2, 0) is 19.5 Å². The maximum atomic E-state index is 14.1. The van der Waals surface area contributed by atoms with Crippen molar-refractivity contribution < 1.29 is 18.3 Å². The fraction of sp³-hybridized carbons (Fsp3) is 0.526. The molecule has 1 amide bonds. The summed E-state index contributed by atoms with van der Waals surface area (Å²) in [7, 11) is 5.14. The molecule has 0 aliphatic carbocycles. The van der Waals surface area contributed by atoms with Crippen LogP contribution in [0.2, 0.25) is 0 Å². The minimum atomic E-state index is -0.982. The van der Waals surface area contributed by atoms with Crippen molar-refractivity contribution in [2.24, 2.45) is 0 Å². The Morgan fingerprint density at radius 1 is 1.31 bits per heavy atom. The highest BCUT2D eigenvalue weighted by Gasteiger charge is 2.25. The zero-order chi connectivity index (χ0) is 21.1. The lowest BCUT2D eigenvalue weighted by molar-refractivity contribution is 0.0924. The summed E-state index contributed by atoms with van der Waals surface area (Å²) in [5.74, 6) is -2.13. The number of nitrogens with zero attached hydrogens (tertiary/aromatic N) is 4. The van der Waals surface area contributed by atoms with Crippen molar-refractivity contribution in [2.45, 2.75) is 38.4 Å². The fourth-order valence-corrected chi connectivity index (χ4v) is 3.36. The Labute approximate surface area is 167 Å². The van der Waals surface area contributed by atoms with Crippen molar-refractivity contribution in [3.63, 3.8) is 0 Å². The van der Waals surface area contributed by atoms with Crippen LogP contribution in [0.4, 0.5) is 8.78 Å². The number of aromatic nitrogens is 3. The molecule has 1 aromatic heterocycles. The maximum Gasteiger partial charge on any atom is 0.345 e. The number of hydrogen-bond acceptors (Lipinski definition) is 5. The molecule has 1 aliphatic rings. The molecule has 0 fully saturated rings. The Bertz CT molecular complexity index is 931. The van der Waals surface area contributed by atoms with Crippen molar-refractivity contribution in [1.82, 2.24) is 24.6 Å². The Balaban J connectivity index is 1.68. The Hall–Kier alpha value is -2.75. The number of ether oxygens (including phenoxy) is 1. The highest BCUT2D eigenvalue weighted by atomic mass is 19.1. The highest BCUT2D eigenvalue weighted by molar-refractivity contribution is 5.95. The predicted molar refractivity (Wildman–Crippen MR) is 102 cm³/mol. The van der Waals surface area contributed by atoms with Gasteiger partial charge in [0.25, 0.3) is 5.91 Å². The van der Waals surface area contributed by atoms with Crippen LogP contribution in [0.5, 0.6) is 5.75 Å². The average Bonchev–Trinajstić information content (AvgIpc) is 2.82. The van der Waals surface area contributed by atoms with Gasteiger partial charge in [-0.25, -0.2) is 18.3 Å². The summed E-state index contributed by atoms with van der Waals surface area (Å²) >= 11 is 0. The van der Waals surface area contributed by atoms with Crippen LogP contribution >= 0.6 is 0 Å². The Morgan fingerprint density at radius 2 is 2.00 bits per heavy atom. The van der Waals surface area contributed by atoms with Crippen LogP contribution in [0, 0.1) is 11.6 Å². The molecule has 0 saturated heterocycles. The first-order valence-corrected chi connectivity index (χ1v) is 9.45. The van der Waals surface area contributed by atoms with Crippen molar-refractivity contribution in [3.8, 4) is 5.75 Å². The summed E-state index contributed by atoms with van der Waals surface area (Å²) in [4.78, 5) is 26.9. The lowest BCUT2D eigenvalue weighted by Gasteiger charge is -2.17. The maximum absolute atomic E-state index is 14.1. The fourth-order valence-electron chi connectivity index (χ4n) is 3.36. The molecule has 2 heterocycles. The molecule has 0 radical (unpaired) electrons. The van der Waals surface area contributed by atoms with E-state index in [0.717, 1.165) is 12.1 Å². The third-order valence-corrected chi connectivity index (χ3v) is 4.99. The summed E-state index contributed by atoms with van der Waals surface area (Å²) < 4.78 is 36.1. The molecule has 1 aliphatic heterocycles. The van der Waals surface area contributed by atoms with Gasteiger partial charge in [-0.15, -0.1) is 0 Å². The minimum absolute atomic E-state index is 0.00184. The van der Waals surface area contributed by atoms with Gasteiger partial charge < -0.3 is 15.0 Å². The van der Waals surface area contributed by atoms with Crippen molar-refractivity contribution >= 4 is 5.91 Å². The van der Waals surface area contributed by atoms with Crippen LogP contribution < -0.4 is 15.7 Å². The molecule has 29 heavy (non-hydrogen) atoms. The molecule has 8 nitrogen and oxygen atoms in total. The zero-order valence-corrected chi connectivity index (χ0v) is 16.7. The van der Waals surface area contributed by atoms with E-state index in [0.29, 0.717) is 44.7 Å². The first kappa shape index (κ1) is 21.0. The lowest BCUT2D eigenvalue weighted by atomic mass is 10.1. The van der Waals surface area contributed by atoms with E-state index < -0.39 is 23.1 Å². The molecule has 2 aromatic rings. The number of benzene rings is 1. The van der Waals surface area contributed by atoms with E-state index in [4.69, 9.17) is 4.74 Å². The summed E-state index contributed by atoms with van der Waals surface area (Å²) in [5, 5.41) is 7.07. The molecule has 0 saturated carbocycles. The van der Waals surface area contributed by atoms with E-state index in [1.807, 2.05) is 19.0 Å². The summed E-state index contributed by atoms with van der Waals surface area (Å²) in [6.45, 7) is 1.59. The minimum Gasteiger partial charge on any atom is -0.497 e. The van der Waals surface area contributed by atoms with Gasteiger partial charge in [-0.2, -0.15) is 5.10 Å². The summed E-state index contributed by atoms with van der Waals surface area (Å²) in [5.41, 5.74) is -0.820. The first-order valence-electron chi connectivity index (χ1n) is 9.45. The number of carbonyl (C=O) groups is 1. The molecule has 158 valence electrons. The van der Waals surface area contributed by atoms with Crippen LogP contribution in [0.3, 0.4) is 0 Å². The summed E-state index contributed by atoms with van der Waals surface area (Å²) in [6, 6.07) is 1.62. The van der Waals surface area contributed by atoms with Crippen LogP contribution in [-0.4, -0.2) is 58.9 Å². The Kier molecular flexibility index (Phi) is 6.31. The van der Waals surface area contributed by atoms with Gasteiger partial charge in [0.15, 0.2) is 0 Å². The second-order valence-corrected chi connectivity index (χ2v) is 7.34. The van der Waals surface area contributed by atoms with Gasteiger partial charge in [0, 0.05) is 37.7 Å². The van der Waals surface area contributed by atoms with Crippen LogP contribution in [0.25, 0.3) is 0 Å². The number of fused-ring (bicyclic) bond motifs is 1. The third-order valence-electron chi connectivity index (χ3n) is 4.99. The second kappa shape index (κ2) is 8.73. The molecule has 10 heteroatoms. The normalized spacial score (nSPS) is 16.4. The van der Waals surface area contributed by atoms with Crippen molar-refractivity contribution in [3.05, 3.63) is 45.6 Å². The topological polar surface area (TPSA) is 81.4 Å². The van der Waals surface area contributed by atoms with Gasteiger partial charge in [-0.1, -0.05) is 0 Å². The van der Waals surface area contributed by atoms with E-state index in [-0.39, 0.29) is 17.5 Å². The molecule has 1 atom stereocenters. The van der Waals surface area contributed by atoms with Gasteiger partial charge in [0.05, 0.1) is 13.7 Å². The molecule has 1 N–H and O–H groups in total. The molecular weight excluding hydrogens is 384 g/mol. The van der Waals surface area contributed by atoms with E-state index in [2.05, 4.69) is 10.4 Å². The molecule has 0 spiro atoms. The summed E-state index contributed by atoms with van der Waals surface area (Å²) in [6.07, 6.45) is 1.48. The number of likely N-dealkylation sites (N-methyl/N-ethyl adjacent to an activating group) is 1. The number of rotatable bonds is 6. The molecule has 1 aromatic carbocycles. The zero-order valence-electron chi connectivity index (χ0n) is 16.7. The number of methoxy groups -OCH3 is 1. The number of halogens is 2. The molecule has 3 rings (SSSR count). The third kappa shape index (κ3) is 4.64. The van der Waals surface area contributed by atoms with Gasteiger partial charge in [-0.3, -0.25) is 9.36 Å². The van der Waals surface area contributed by atoms with Gasteiger partial charge in [0.1, 0.15) is 28.8 Å². The monoisotopic (exact) mass is 409 g/mol. The predicted octanol–water partition coefficient (Wildman–Crippen LogP) is 1.03. The number of carbonyl (C=O) groups excluding carboxylic acids is 1. The second-order valence-electron chi connectivity index (χ2n) is 7.34. The largest absolute Gasteiger partial charge is 0.497 e. The van der Waals surface area contributed by atoms with Gasteiger partial charge >= 0.3 is 5.69 Å². The highest BCUT2D eigenvalue weighted by Crippen LogP contribution is 2.21. The first-order chi connectivity index (χ1) is 13.8. The van der Waals surface area contributed by atoms with E-state index in [1.165, 1.54) is 11.8 Å². The van der Waals surface area contributed by atoms with Crippen molar-refractivity contribution in [2.75, 3.05) is 27.7 Å². The Morgan fingerprint density at radius 3 is 2.62 bits per heavy atom. The standard InChI is InChI=1S/C19H25F2N5O3/c1-24(2)8-9-26-19(28)25-7-6-12(4-5-16(25)23-26)22-18(27)17-14(20)10-13(29-3)11-15(17)21/h10-12H,4-9H2,1-3H3,(H,22,27). The van der Waals surface area contributed by atoms with Crippen LogP contribution in [0.1, 0.15) is 29.0 Å². The SMILES string of the molecule is COc1cc(F)c(C(=O)NC2CCc3nn(CCN(C)C)c(=O)n3CC2)c(F)c1. The lowest BCUT2D eigenvalue weighted by Crippen LogP contribution is -2.37. The molecule has 1 unspecified atom stereocenters. The van der Waals surface area contributed by atoms with Gasteiger partial charge in [0.2, 0.25) is 0 Å². The quantitative estimate of drug-likeness (QED) is 0.771. The number of hydrogen-bond donors (Lipinski definition) is 1. The number of amides is 1. The molecular formula is C19H25F2N5O3. The van der Waals surface area contributed by atoms with E-state index >= 15 is 0 Å². The van der Waals surface area contributed by atoms with Gasteiger partial charge in [-0.05, 0) is 26.9 Å². The smallest absolute Gasteiger partial charge is 0.345 e. The van der Waals surface area contributed by atoms with E-state index in [1.54, 1.807) is 4.57 Å². The van der Waals surface area contributed by atoms with Crippen molar-refractivity contribution in [1.29, 1.82) is 0 Å². The number of aryl methyl sites for hydroxylation is 1.